The number of aryl methyl sites for hydroxylation is 1. The highest BCUT2D eigenvalue weighted by atomic mass is 35.5. The number of nitrogens with two attached hydrogens (primary N) is 1. The van der Waals surface area contributed by atoms with Crippen LogP contribution in [0.25, 0.3) is 0 Å². The Kier molecular flexibility index (Phi) is 4.48. The van der Waals surface area contributed by atoms with Crippen molar-refractivity contribution in [3.05, 3.63) is 58.1 Å². The molecular weight excluding hydrogens is 282 g/mol. The average Bonchev–Trinajstić information content (AvgIpc) is 2.38. The van der Waals surface area contributed by atoms with E-state index in [-0.39, 0.29) is 5.41 Å². The molecule has 0 bridgehead atoms. The van der Waals surface area contributed by atoms with Gasteiger partial charge in [0.05, 0.1) is 0 Å². The molecule has 0 fully saturated rings. The molecule has 0 heterocycles. The van der Waals surface area contributed by atoms with Gasteiger partial charge in [0.25, 0.3) is 0 Å². The summed E-state index contributed by atoms with van der Waals surface area (Å²) < 4.78 is 5.89. The molecule has 0 aliphatic carbocycles. The van der Waals surface area contributed by atoms with E-state index in [2.05, 4.69) is 39.8 Å². The zero-order valence-electron chi connectivity index (χ0n) is 13.0. The summed E-state index contributed by atoms with van der Waals surface area (Å²) in [4.78, 5) is 0. The van der Waals surface area contributed by atoms with Crippen molar-refractivity contribution in [1.29, 1.82) is 0 Å². The van der Waals surface area contributed by atoms with E-state index in [9.17, 15) is 0 Å². The van der Waals surface area contributed by atoms with Crippen molar-refractivity contribution in [3.63, 3.8) is 0 Å². The van der Waals surface area contributed by atoms with Crippen LogP contribution in [0.2, 0.25) is 5.02 Å². The van der Waals surface area contributed by atoms with Gasteiger partial charge in [-0.15, -0.1) is 0 Å². The maximum Gasteiger partial charge on any atom is 0.122 e. The standard InChI is InChI=1S/C18H22ClNO/c1-12-10-13(18(2,3)4)8-9-17(12)21-11-14-15(19)6-5-7-16(14)20/h5-10H,11,20H2,1-4H3. The Morgan fingerprint density at radius 3 is 2.43 bits per heavy atom. The van der Waals surface area contributed by atoms with Crippen LogP contribution in [-0.4, -0.2) is 0 Å². The lowest BCUT2D eigenvalue weighted by Gasteiger charge is -2.21. The van der Waals surface area contributed by atoms with Gasteiger partial charge < -0.3 is 10.5 Å². The van der Waals surface area contributed by atoms with Crippen LogP contribution in [0, 0.1) is 6.92 Å². The summed E-state index contributed by atoms with van der Waals surface area (Å²) in [5.74, 6) is 0.863. The first-order chi connectivity index (χ1) is 9.79. The van der Waals surface area contributed by atoms with E-state index in [0.717, 1.165) is 16.9 Å². The molecule has 0 saturated heterocycles. The number of halogens is 1. The van der Waals surface area contributed by atoms with Gasteiger partial charge in [-0.1, -0.05) is 50.6 Å². The Morgan fingerprint density at radius 2 is 1.86 bits per heavy atom. The predicted octanol–water partition coefficient (Wildman–Crippen LogP) is 5.11. The molecule has 0 amide bonds. The average molecular weight is 304 g/mol. The zero-order valence-corrected chi connectivity index (χ0v) is 13.8. The number of nitrogen functional groups attached to an aromatic ring is 1. The summed E-state index contributed by atoms with van der Waals surface area (Å²) in [6.07, 6.45) is 0. The molecule has 112 valence electrons. The summed E-state index contributed by atoms with van der Waals surface area (Å²) in [6.45, 7) is 9.04. The molecule has 0 aromatic heterocycles. The smallest absolute Gasteiger partial charge is 0.122 e. The Labute approximate surface area is 131 Å². The molecule has 2 rings (SSSR count). The second-order valence-corrected chi connectivity index (χ2v) is 6.73. The van der Waals surface area contributed by atoms with Gasteiger partial charge in [0.2, 0.25) is 0 Å². The molecule has 0 atom stereocenters. The maximum absolute atomic E-state index is 6.16. The third-order valence-corrected chi connectivity index (χ3v) is 3.92. The lowest BCUT2D eigenvalue weighted by atomic mass is 9.86. The number of hydrogen-bond donors (Lipinski definition) is 1. The quantitative estimate of drug-likeness (QED) is 0.800. The molecule has 3 heteroatoms. The third kappa shape index (κ3) is 3.70. The summed E-state index contributed by atoms with van der Waals surface area (Å²) in [6, 6.07) is 11.8. The van der Waals surface area contributed by atoms with E-state index < -0.39 is 0 Å². The highest BCUT2D eigenvalue weighted by Gasteiger charge is 2.15. The Hall–Kier alpha value is -1.67. The van der Waals surface area contributed by atoms with Gasteiger partial charge in [-0.05, 0) is 41.7 Å². The minimum Gasteiger partial charge on any atom is -0.489 e. The molecule has 0 spiro atoms. The molecule has 0 saturated carbocycles. The fourth-order valence-corrected chi connectivity index (χ4v) is 2.39. The van der Waals surface area contributed by atoms with Crippen LogP contribution in [0.3, 0.4) is 0 Å². The van der Waals surface area contributed by atoms with Gasteiger partial charge in [0, 0.05) is 16.3 Å². The summed E-state index contributed by atoms with van der Waals surface area (Å²) in [5, 5.41) is 0.638. The van der Waals surface area contributed by atoms with E-state index in [1.54, 1.807) is 0 Å². The minimum absolute atomic E-state index is 0.135. The van der Waals surface area contributed by atoms with Crippen LogP contribution in [0.4, 0.5) is 5.69 Å². The number of rotatable bonds is 3. The number of hydrogen-bond acceptors (Lipinski definition) is 2. The van der Waals surface area contributed by atoms with E-state index in [0.29, 0.717) is 17.3 Å². The SMILES string of the molecule is Cc1cc(C(C)(C)C)ccc1OCc1c(N)cccc1Cl. The van der Waals surface area contributed by atoms with E-state index in [1.165, 1.54) is 5.56 Å². The predicted molar refractivity (Wildman–Crippen MR) is 90.1 cm³/mol. The third-order valence-electron chi connectivity index (χ3n) is 3.57. The summed E-state index contributed by atoms with van der Waals surface area (Å²) in [5.41, 5.74) is 9.98. The van der Waals surface area contributed by atoms with Crippen molar-refractivity contribution in [2.24, 2.45) is 0 Å². The van der Waals surface area contributed by atoms with Gasteiger partial charge >= 0.3 is 0 Å². The first kappa shape index (κ1) is 15.7. The highest BCUT2D eigenvalue weighted by molar-refractivity contribution is 6.31. The van der Waals surface area contributed by atoms with Crippen molar-refractivity contribution in [3.8, 4) is 5.75 Å². The molecule has 2 aromatic rings. The van der Waals surface area contributed by atoms with Crippen LogP contribution >= 0.6 is 11.6 Å². The van der Waals surface area contributed by atoms with E-state index >= 15 is 0 Å². The number of anilines is 1. The lowest BCUT2D eigenvalue weighted by molar-refractivity contribution is 0.304. The Bertz CT molecular complexity index is 624. The fraction of sp³-hybridized carbons (Fsp3) is 0.333. The molecule has 2 nitrogen and oxygen atoms in total. The van der Waals surface area contributed by atoms with Gasteiger partial charge in [-0.25, -0.2) is 0 Å². The zero-order chi connectivity index (χ0) is 15.6. The van der Waals surface area contributed by atoms with Crippen LogP contribution in [0.15, 0.2) is 36.4 Å². The molecule has 0 unspecified atom stereocenters. The normalized spacial score (nSPS) is 11.5. The van der Waals surface area contributed by atoms with Crippen LogP contribution in [0.5, 0.6) is 5.75 Å². The highest BCUT2D eigenvalue weighted by Crippen LogP contribution is 2.29. The Morgan fingerprint density at radius 1 is 1.14 bits per heavy atom. The van der Waals surface area contributed by atoms with Gasteiger partial charge in [-0.3, -0.25) is 0 Å². The van der Waals surface area contributed by atoms with Crippen molar-refractivity contribution in [2.45, 2.75) is 39.7 Å². The monoisotopic (exact) mass is 303 g/mol. The lowest BCUT2D eigenvalue weighted by Crippen LogP contribution is -2.11. The van der Waals surface area contributed by atoms with Gasteiger partial charge in [0.15, 0.2) is 0 Å². The fourth-order valence-electron chi connectivity index (χ4n) is 2.16. The topological polar surface area (TPSA) is 35.2 Å². The van der Waals surface area contributed by atoms with Crippen molar-refractivity contribution in [2.75, 3.05) is 5.73 Å². The molecule has 21 heavy (non-hydrogen) atoms. The van der Waals surface area contributed by atoms with E-state index in [4.69, 9.17) is 22.1 Å². The van der Waals surface area contributed by atoms with E-state index in [1.807, 2.05) is 24.3 Å². The van der Waals surface area contributed by atoms with Crippen LogP contribution in [0.1, 0.15) is 37.5 Å². The molecule has 2 N–H and O–H groups in total. The van der Waals surface area contributed by atoms with Crippen molar-refractivity contribution < 1.29 is 4.74 Å². The molecule has 0 aliphatic rings. The van der Waals surface area contributed by atoms with Crippen LogP contribution < -0.4 is 10.5 Å². The maximum atomic E-state index is 6.16. The number of benzene rings is 2. The first-order valence-electron chi connectivity index (χ1n) is 7.06. The largest absolute Gasteiger partial charge is 0.489 e. The van der Waals surface area contributed by atoms with Gasteiger partial charge in [-0.2, -0.15) is 0 Å². The molecule has 0 radical (unpaired) electrons. The molecule has 2 aromatic carbocycles. The summed E-state index contributed by atoms with van der Waals surface area (Å²) in [7, 11) is 0. The van der Waals surface area contributed by atoms with Crippen molar-refractivity contribution in [1.82, 2.24) is 0 Å². The van der Waals surface area contributed by atoms with Crippen molar-refractivity contribution >= 4 is 17.3 Å². The van der Waals surface area contributed by atoms with Crippen LogP contribution in [-0.2, 0) is 12.0 Å². The molecular formula is C18H22ClNO. The number of ether oxygens (including phenoxy) is 1. The Balaban J connectivity index is 2.18. The second-order valence-electron chi connectivity index (χ2n) is 6.33. The minimum atomic E-state index is 0.135. The van der Waals surface area contributed by atoms with Gasteiger partial charge in [0.1, 0.15) is 12.4 Å². The second kappa shape index (κ2) is 5.98. The first-order valence-corrected chi connectivity index (χ1v) is 7.43. The molecule has 0 aliphatic heterocycles. The summed E-state index contributed by atoms with van der Waals surface area (Å²) >= 11 is 6.16.